The Kier molecular flexibility index (Phi) is 4.18. The fourth-order valence-electron chi connectivity index (χ4n) is 1.78. The molecule has 1 aromatic carbocycles. The first-order chi connectivity index (χ1) is 9.38. The van der Waals surface area contributed by atoms with Crippen molar-refractivity contribution in [3.63, 3.8) is 0 Å². The summed E-state index contributed by atoms with van der Waals surface area (Å²) in [6, 6.07) is 5.08. The number of nitrogens with one attached hydrogen (secondary N) is 1. The van der Waals surface area contributed by atoms with Crippen molar-refractivity contribution in [1.29, 1.82) is 0 Å². The second kappa shape index (κ2) is 5.71. The minimum absolute atomic E-state index is 0.144. The number of hydrogen-bond acceptors (Lipinski definition) is 4. The molecule has 1 heterocycles. The third kappa shape index (κ3) is 3.42. The van der Waals surface area contributed by atoms with E-state index in [9.17, 15) is 4.79 Å². The average Bonchev–Trinajstić information content (AvgIpc) is 2.84. The number of quaternary nitrogens is 1. The SMILES string of the molecule is C[NH+](CCOC(=O)c1ccc2c(c1)OCO2)C(C)(C)C. The van der Waals surface area contributed by atoms with Gasteiger partial charge in [0.2, 0.25) is 6.79 Å². The largest absolute Gasteiger partial charge is 0.456 e. The zero-order valence-electron chi connectivity index (χ0n) is 12.5. The molecule has 0 saturated carbocycles. The Morgan fingerprint density at radius 1 is 1.30 bits per heavy atom. The van der Waals surface area contributed by atoms with Crippen molar-refractivity contribution in [2.24, 2.45) is 0 Å². The van der Waals surface area contributed by atoms with E-state index in [1.54, 1.807) is 18.2 Å². The molecule has 0 spiro atoms. The fourth-order valence-corrected chi connectivity index (χ4v) is 1.78. The standard InChI is InChI=1S/C15H21NO4/c1-15(2,3)16(4)7-8-18-14(17)11-5-6-12-13(9-11)20-10-19-12/h5-6,9H,7-8,10H2,1-4H3/p+1. The van der Waals surface area contributed by atoms with Gasteiger partial charge >= 0.3 is 5.97 Å². The zero-order chi connectivity index (χ0) is 14.8. The van der Waals surface area contributed by atoms with E-state index in [2.05, 4.69) is 27.8 Å². The van der Waals surface area contributed by atoms with Crippen LogP contribution in [0.1, 0.15) is 31.1 Å². The molecule has 0 amide bonds. The lowest BCUT2D eigenvalue weighted by Crippen LogP contribution is -3.16. The van der Waals surface area contributed by atoms with Crippen LogP contribution in [0, 0.1) is 0 Å². The number of carbonyl (C=O) groups is 1. The topological polar surface area (TPSA) is 49.2 Å². The molecule has 0 radical (unpaired) electrons. The molecule has 5 nitrogen and oxygen atoms in total. The first-order valence-electron chi connectivity index (χ1n) is 6.77. The molecule has 1 unspecified atom stereocenters. The lowest BCUT2D eigenvalue weighted by atomic mass is 10.1. The van der Waals surface area contributed by atoms with E-state index in [0.29, 0.717) is 23.7 Å². The highest BCUT2D eigenvalue weighted by Crippen LogP contribution is 2.32. The van der Waals surface area contributed by atoms with Crippen molar-refractivity contribution in [1.82, 2.24) is 0 Å². The molecule has 0 fully saturated rings. The summed E-state index contributed by atoms with van der Waals surface area (Å²) < 4.78 is 15.7. The predicted octanol–water partition coefficient (Wildman–Crippen LogP) is 0.885. The Hall–Kier alpha value is -1.75. The molecule has 0 aromatic heterocycles. The summed E-state index contributed by atoms with van der Waals surface area (Å²) in [4.78, 5) is 13.3. The maximum Gasteiger partial charge on any atom is 0.338 e. The van der Waals surface area contributed by atoms with Crippen molar-refractivity contribution in [3.05, 3.63) is 23.8 Å². The van der Waals surface area contributed by atoms with Crippen molar-refractivity contribution < 1.29 is 23.9 Å². The van der Waals surface area contributed by atoms with Crippen LogP contribution in [0.2, 0.25) is 0 Å². The van der Waals surface area contributed by atoms with Gasteiger partial charge in [0.15, 0.2) is 11.5 Å². The Bertz CT molecular complexity index is 493. The highest BCUT2D eigenvalue weighted by molar-refractivity contribution is 5.90. The first kappa shape index (κ1) is 14.7. The lowest BCUT2D eigenvalue weighted by Gasteiger charge is -2.28. The monoisotopic (exact) mass is 280 g/mol. The Balaban J connectivity index is 1.86. The predicted molar refractivity (Wildman–Crippen MR) is 74.4 cm³/mol. The van der Waals surface area contributed by atoms with Gasteiger partial charge in [-0.3, -0.25) is 0 Å². The van der Waals surface area contributed by atoms with E-state index < -0.39 is 0 Å². The van der Waals surface area contributed by atoms with Crippen LogP contribution in [0.25, 0.3) is 0 Å². The Labute approximate surface area is 119 Å². The fraction of sp³-hybridized carbons (Fsp3) is 0.533. The van der Waals surface area contributed by atoms with Gasteiger partial charge in [0.05, 0.1) is 18.2 Å². The number of esters is 1. The molecule has 0 aliphatic carbocycles. The van der Waals surface area contributed by atoms with Crippen LogP contribution in [0.15, 0.2) is 18.2 Å². The van der Waals surface area contributed by atoms with Crippen LogP contribution >= 0.6 is 0 Å². The van der Waals surface area contributed by atoms with Gasteiger partial charge in [-0.15, -0.1) is 0 Å². The summed E-state index contributed by atoms with van der Waals surface area (Å²) in [5, 5.41) is 0. The summed E-state index contributed by atoms with van der Waals surface area (Å²) in [6.07, 6.45) is 0. The van der Waals surface area contributed by atoms with Gasteiger partial charge < -0.3 is 19.1 Å². The molecule has 1 atom stereocenters. The minimum Gasteiger partial charge on any atom is -0.456 e. The van der Waals surface area contributed by atoms with E-state index in [-0.39, 0.29) is 18.3 Å². The third-order valence-electron chi connectivity index (χ3n) is 3.60. The molecule has 1 aliphatic heterocycles. The molecular formula is C15H22NO4+. The zero-order valence-corrected chi connectivity index (χ0v) is 12.5. The smallest absolute Gasteiger partial charge is 0.338 e. The molecule has 20 heavy (non-hydrogen) atoms. The maximum atomic E-state index is 11.9. The van der Waals surface area contributed by atoms with E-state index in [0.717, 1.165) is 6.54 Å². The lowest BCUT2D eigenvalue weighted by molar-refractivity contribution is -0.927. The van der Waals surface area contributed by atoms with Crippen LogP contribution < -0.4 is 14.4 Å². The molecule has 1 N–H and O–H groups in total. The summed E-state index contributed by atoms with van der Waals surface area (Å²) >= 11 is 0. The van der Waals surface area contributed by atoms with Gasteiger partial charge in [-0.05, 0) is 39.0 Å². The van der Waals surface area contributed by atoms with Crippen LogP contribution in [0.5, 0.6) is 11.5 Å². The highest BCUT2D eigenvalue weighted by Gasteiger charge is 2.21. The van der Waals surface area contributed by atoms with Gasteiger partial charge in [0, 0.05) is 0 Å². The Morgan fingerprint density at radius 3 is 2.70 bits per heavy atom. The molecule has 110 valence electrons. The number of rotatable bonds is 4. The van der Waals surface area contributed by atoms with Gasteiger partial charge in [-0.2, -0.15) is 0 Å². The third-order valence-corrected chi connectivity index (χ3v) is 3.60. The van der Waals surface area contributed by atoms with Gasteiger partial charge in [0.25, 0.3) is 0 Å². The number of carbonyl (C=O) groups excluding carboxylic acids is 1. The summed E-state index contributed by atoms with van der Waals surface area (Å²) in [7, 11) is 2.09. The van der Waals surface area contributed by atoms with Gasteiger partial charge in [0.1, 0.15) is 13.2 Å². The van der Waals surface area contributed by atoms with Crippen LogP contribution in [0.4, 0.5) is 0 Å². The van der Waals surface area contributed by atoms with E-state index in [1.807, 2.05) is 0 Å². The first-order valence-corrected chi connectivity index (χ1v) is 6.77. The van der Waals surface area contributed by atoms with Crippen molar-refractivity contribution in [3.8, 4) is 11.5 Å². The second-order valence-corrected chi connectivity index (χ2v) is 5.98. The van der Waals surface area contributed by atoms with Crippen molar-refractivity contribution >= 4 is 5.97 Å². The van der Waals surface area contributed by atoms with Crippen molar-refractivity contribution in [2.45, 2.75) is 26.3 Å². The summed E-state index contributed by atoms with van der Waals surface area (Å²) in [5.74, 6) is 0.931. The second-order valence-electron chi connectivity index (χ2n) is 5.98. The average molecular weight is 280 g/mol. The number of fused-ring (bicyclic) bond motifs is 1. The molecule has 1 aromatic rings. The van der Waals surface area contributed by atoms with E-state index in [4.69, 9.17) is 14.2 Å². The minimum atomic E-state index is -0.329. The summed E-state index contributed by atoms with van der Waals surface area (Å²) in [6.45, 7) is 7.84. The Morgan fingerprint density at radius 2 is 2.00 bits per heavy atom. The van der Waals surface area contributed by atoms with Crippen LogP contribution in [-0.2, 0) is 4.74 Å². The molecule has 2 rings (SSSR count). The molecule has 1 aliphatic rings. The number of hydrogen-bond donors (Lipinski definition) is 1. The summed E-state index contributed by atoms with van der Waals surface area (Å²) in [5.41, 5.74) is 0.633. The number of benzene rings is 1. The normalized spacial score (nSPS) is 15.0. The van der Waals surface area contributed by atoms with Crippen LogP contribution in [-0.4, -0.2) is 38.5 Å². The quantitative estimate of drug-likeness (QED) is 0.832. The van der Waals surface area contributed by atoms with Crippen LogP contribution in [0.3, 0.4) is 0 Å². The highest BCUT2D eigenvalue weighted by atomic mass is 16.7. The maximum absolute atomic E-state index is 11.9. The molecule has 0 saturated heterocycles. The van der Waals surface area contributed by atoms with E-state index >= 15 is 0 Å². The molecule has 0 bridgehead atoms. The van der Waals surface area contributed by atoms with Crippen molar-refractivity contribution in [2.75, 3.05) is 27.0 Å². The molecule has 5 heteroatoms. The van der Waals surface area contributed by atoms with E-state index in [1.165, 1.54) is 4.90 Å². The molecular weight excluding hydrogens is 258 g/mol. The van der Waals surface area contributed by atoms with Gasteiger partial charge in [-0.25, -0.2) is 4.79 Å². The van der Waals surface area contributed by atoms with Gasteiger partial charge in [-0.1, -0.05) is 0 Å². The number of ether oxygens (including phenoxy) is 3. The number of likely N-dealkylation sites (N-methyl/N-ethyl adjacent to an activating group) is 1.